The maximum atomic E-state index is 9.28. The van der Waals surface area contributed by atoms with E-state index in [0.29, 0.717) is 11.3 Å². The van der Waals surface area contributed by atoms with E-state index in [4.69, 9.17) is 0 Å². The van der Waals surface area contributed by atoms with Gasteiger partial charge in [-0.25, -0.2) is 0 Å². The fourth-order valence-corrected chi connectivity index (χ4v) is 1.85. The molecular formula is C15H16N4. The highest BCUT2D eigenvalue weighted by molar-refractivity contribution is 5.88. The summed E-state index contributed by atoms with van der Waals surface area (Å²) < 4.78 is 0. The van der Waals surface area contributed by atoms with Gasteiger partial charge in [-0.05, 0) is 18.2 Å². The number of hydrogen-bond donors (Lipinski definition) is 1. The third-order valence-electron chi connectivity index (χ3n) is 2.78. The molecule has 0 fully saturated rings. The molecule has 0 amide bonds. The first kappa shape index (κ1) is 13.0. The molecule has 96 valence electrons. The first-order chi connectivity index (χ1) is 9.02. The van der Waals surface area contributed by atoms with Gasteiger partial charge in [-0.2, -0.15) is 10.4 Å². The quantitative estimate of drug-likeness (QED) is 0.835. The maximum Gasteiger partial charge on any atom is 0.101 e. The molecule has 2 heterocycles. The zero-order valence-corrected chi connectivity index (χ0v) is 11.3. The molecule has 0 aromatic carbocycles. The Labute approximate surface area is 112 Å². The zero-order valence-electron chi connectivity index (χ0n) is 11.3. The number of pyridine rings is 1. The van der Waals surface area contributed by atoms with E-state index in [1.54, 1.807) is 12.4 Å². The number of aromatic amines is 1. The highest BCUT2D eigenvalue weighted by Gasteiger charge is 2.19. The number of nitrogens with one attached hydrogen (secondary N) is 1. The molecule has 2 rings (SSSR count). The monoisotopic (exact) mass is 252 g/mol. The molecule has 4 nitrogen and oxygen atoms in total. The molecule has 19 heavy (non-hydrogen) atoms. The molecule has 0 saturated carbocycles. The first-order valence-corrected chi connectivity index (χ1v) is 6.09. The molecule has 0 atom stereocenters. The molecular weight excluding hydrogens is 236 g/mol. The lowest BCUT2D eigenvalue weighted by molar-refractivity contribution is 0.566. The molecule has 4 heteroatoms. The van der Waals surface area contributed by atoms with Gasteiger partial charge in [0, 0.05) is 22.9 Å². The van der Waals surface area contributed by atoms with Crippen LogP contribution in [0.2, 0.25) is 0 Å². The highest BCUT2D eigenvalue weighted by Crippen LogP contribution is 2.26. The standard InChI is InChI=1S/C15H16N4/c1-15(2,3)14-12(10-18-19-14)8-11(9-16)13-6-4-5-7-17-13/h4-8,10H,1-3H3,(H,18,19). The van der Waals surface area contributed by atoms with E-state index in [2.05, 4.69) is 42.0 Å². The van der Waals surface area contributed by atoms with Gasteiger partial charge in [0.1, 0.15) is 6.07 Å². The summed E-state index contributed by atoms with van der Waals surface area (Å²) in [5.74, 6) is 0. The first-order valence-electron chi connectivity index (χ1n) is 6.09. The van der Waals surface area contributed by atoms with Gasteiger partial charge in [0.2, 0.25) is 0 Å². The fourth-order valence-electron chi connectivity index (χ4n) is 1.85. The lowest BCUT2D eigenvalue weighted by Gasteiger charge is -2.17. The van der Waals surface area contributed by atoms with Crippen LogP contribution in [0.25, 0.3) is 11.6 Å². The molecule has 0 radical (unpaired) electrons. The smallest absolute Gasteiger partial charge is 0.101 e. The Balaban J connectivity index is 2.46. The summed E-state index contributed by atoms with van der Waals surface area (Å²) in [5.41, 5.74) is 3.09. The van der Waals surface area contributed by atoms with Crippen molar-refractivity contribution in [3.05, 3.63) is 47.5 Å². The molecule has 0 saturated heterocycles. The number of nitriles is 1. The Morgan fingerprint density at radius 3 is 2.74 bits per heavy atom. The van der Waals surface area contributed by atoms with E-state index >= 15 is 0 Å². The van der Waals surface area contributed by atoms with E-state index in [1.807, 2.05) is 24.3 Å². The molecule has 0 unspecified atom stereocenters. The van der Waals surface area contributed by atoms with Crippen molar-refractivity contribution >= 4 is 11.6 Å². The number of rotatable bonds is 2. The van der Waals surface area contributed by atoms with E-state index in [0.717, 1.165) is 11.3 Å². The summed E-state index contributed by atoms with van der Waals surface area (Å²) >= 11 is 0. The van der Waals surface area contributed by atoms with Crippen LogP contribution in [-0.4, -0.2) is 15.2 Å². The van der Waals surface area contributed by atoms with Crippen molar-refractivity contribution in [1.29, 1.82) is 5.26 Å². The summed E-state index contributed by atoms with van der Waals surface area (Å²) in [5, 5.41) is 16.4. The normalized spacial score (nSPS) is 12.2. The van der Waals surface area contributed by atoms with Crippen LogP contribution in [0, 0.1) is 11.3 Å². The lowest BCUT2D eigenvalue weighted by atomic mass is 9.89. The molecule has 2 aromatic heterocycles. The van der Waals surface area contributed by atoms with Crippen molar-refractivity contribution in [2.75, 3.05) is 0 Å². The summed E-state index contributed by atoms with van der Waals surface area (Å²) in [4.78, 5) is 4.20. The predicted molar refractivity (Wildman–Crippen MR) is 75.0 cm³/mol. The van der Waals surface area contributed by atoms with Crippen LogP contribution in [0.3, 0.4) is 0 Å². The maximum absolute atomic E-state index is 9.28. The van der Waals surface area contributed by atoms with Gasteiger partial charge in [-0.1, -0.05) is 26.8 Å². The highest BCUT2D eigenvalue weighted by atomic mass is 15.1. The summed E-state index contributed by atoms with van der Waals surface area (Å²) in [6, 6.07) is 7.72. The van der Waals surface area contributed by atoms with Crippen LogP contribution in [0.4, 0.5) is 0 Å². The van der Waals surface area contributed by atoms with Crippen molar-refractivity contribution in [2.45, 2.75) is 26.2 Å². The number of allylic oxidation sites excluding steroid dienone is 1. The fraction of sp³-hybridized carbons (Fsp3) is 0.267. The minimum atomic E-state index is -0.0486. The van der Waals surface area contributed by atoms with Crippen LogP contribution in [0.5, 0.6) is 0 Å². The van der Waals surface area contributed by atoms with Gasteiger partial charge < -0.3 is 0 Å². The van der Waals surface area contributed by atoms with Crippen molar-refractivity contribution in [3.8, 4) is 6.07 Å². The second-order valence-corrected chi connectivity index (χ2v) is 5.34. The Hall–Kier alpha value is -2.41. The van der Waals surface area contributed by atoms with Gasteiger partial charge in [0.15, 0.2) is 0 Å². The van der Waals surface area contributed by atoms with Crippen LogP contribution < -0.4 is 0 Å². The Morgan fingerprint density at radius 1 is 1.37 bits per heavy atom. The minimum absolute atomic E-state index is 0.0486. The molecule has 2 aromatic rings. The largest absolute Gasteiger partial charge is 0.281 e. The number of aromatic nitrogens is 3. The molecule has 0 bridgehead atoms. The van der Waals surface area contributed by atoms with Crippen LogP contribution in [-0.2, 0) is 5.41 Å². The van der Waals surface area contributed by atoms with Gasteiger partial charge in [-0.3, -0.25) is 10.1 Å². The van der Waals surface area contributed by atoms with Crippen LogP contribution in [0.15, 0.2) is 30.6 Å². The van der Waals surface area contributed by atoms with Gasteiger partial charge in [0.25, 0.3) is 0 Å². The van der Waals surface area contributed by atoms with Crippen LogP contribution >= 0.6 is 0 Å². The molecule has 1 N–H and O–H groups in total. The van der Waals surface area contributed by atoms with E-state index in [-0.39, 0.29) is 5.41 Å². The van der Waals surface area contributed by atoms with Crippen molar-refractivity contribution in [1.82, 2.24) is 15.2 Å². The van der Waals surface area contributed by atoms with Crippen molar-refractivity contribution in [2.24, 2.45) is 0 Å². The van der Waals surface area contributed by atoms with Gasteiger partial charge >= 0.3 is 0 Å². The third kappa shape index (κ3) is 2.89. The van der Waals surface area contributed by atoms with Crippen LogP contribution in [0.1, 0.15) is 37.7 Å². The second-order valence-electron chi connectivity index (χ2n) is 5.34. The van der Waals surface area contributed by atoms with E-state index < -0.39 is 0 Å². The summed E-state index contributed by atoms with van der Waals surface area (Å²) in [7, 11) is 0. The lowest BCUT2D eigenvalue weighted by Crippen LogP contribution is -2.13. The molecule has 0 aliphatic heterocycles. The molecule has 0 spiro atoms. The predicted octanol–water partition coefficient (Wildman–Crippen LogP) is 3.17. The molecule has 0 aliphatic rings. The average Bonchev–Trinajstić information content (AvgIpc) is 2.85. The topological polar surface area (TPSA) is 65.4 Å². The SMILES string of the molecule is CC(C)(C)c1[nH]ncc1C=C(C#N)c1ccccn1. The van der Waals surface area contributed by atoms with E-state index in [9.17, 15) is 5.26 Å². The summed E-state index contributed by atoms with van der Waals surface area (Å²) in [6.07, 6.45) is 5.24. The minimum Gasteiger partial charge on any atom is -0.281 e. The average molecular weight is 252 g/mol. The Bertz CT molecular complexity index is 624. The van der Waals surface area contributed by atoms with Crippen molar-refractivity contribution in [3.63, 3.8) is 0 Å². The van der Waals surface area contributed by atoms with Gasteiger partial charge in [0.05, 0.1) is 17.5 Å². The number of hydrogen-bond acceptors (Lipinski definition) is 3. The van der Waals surface area contributed by atoms with Crippen molar-refractivity contribution < 1.29 is 0 Å². The zero-order chi connectivity index (χ0) is 13.9. The van der Waals surface area contributed by atoms with E-state index in [1.165, 1.54) is 0 Å². The number of nitrogens with zero attached hydrogens (tertiary/aromatic N) is 3. The molecule has 0 aliphatic carbocycles. The third-order valence-corrected chi connectivity index (χ3v) is 2.78. The number of H-pyrrole nitrogens is 1. The second kappa shape index (κ2) is 5.07. The van der Waals surface area contributed by atoms with Gasteiger partial charge in [-0.15, -0.1) is 0 Å². The summed E-state index contributed by atoms with van der Waals surface area (Å²) in [6.45, 7) is 6.31. The Kier molecular flexibility index (Phi) is 3.48. The Morgan fingerprint density at radius 2 is 2.16 bits per heavy atom.